The maximum atomic E-state index is 10.6. The summed E-state index contributed by atoms with van der Waals surface area (Å²) in [7, 11) is 0. The third-order valence-electron chi connectivity index (χ3n) is 1.25. The molecule has 0 bridgehead atoms. The predicted molar refractivity (Wildman–Crippen MR) is 48.4 cm³/mol. The van der Waals surface area contributed by atoms with Crippen molar-refractivity contribution in [1.29, 1.82) is 0 Å². The molecule has 0 aromatic heterocycles. The third-order valence-corrected chi connectivity index (χ3v) is 1.25. The maximum Gasteiger partial charge on any atom is 0.146 e. The summed E-state index contributed by atoms with van der Waals surface area (Å²) in [6.45, 7) is 5.65. The number of hydrogen-bond acceptors (Lipinski definition) is 2. The molecule has 0 radical (unpaired) electrons. The number of halogens is 1. The third kappa shape index (κ3) is 6.23. The van der Waals surface area contributed by atoms with Gasteiger partial charge in [-0.3, -0.25) is 4.79 Å². The van der Waals surface area contributed by atoms with Crippen LogP contribution in [0.2, 0.25) is 0 Å². The highest BCUT2D eigenvalue weighted by molar-refractivity contribution is 8.93. The van der Waals surface area contributed by atoms with E-state index in [1.54, 1.807) is 0 Å². The molecule has 3 heteroatoms. The zero-order chi connectivity index (χ0) is 7.44. The molecule has 0 aliphatic rings. The minimum atomic E-state index is -0.245. The van der Waals surface area contributed by atoms with E-state index < -0.39 is 0 Å². The molecule has 0 aromatic rings. The van der Waals surface area contributed by atoms with Crippen LogP contribution in [0.25, 0.3) is 0 Å². The highest BCUT2D eigenvalue weighted by Gasteiger charge is 2.08. The van der Waals surface area contributed by atoms with Gasteiger partial charge in [0, 0.05) is 0 Å². The summed E-state index contributed by atoms with van der Waals surface area (Å²) in [5.41, 5.74) is 5.47. The Balaban J connectivity index is 0. The molecule has 0 saturated carbocycles. The smallest absolute Gasteiger partial charge is 0.146 e. The number of Topliss-reactive ketones (excluding diaryl/α,β-unsaturated/α-hetero) is 1. The summed E-state index contributed by atoms with van der Waals surface area (Å²) in [4.78, 5) is 10.6. The molecule has 2 N–H and O–H groups in total. The highest BCUT2D eigenvalue weighted by atomic mass is 79.9. The molecular formula is C7H16BrNO. The fourth-order valence-corrected chi connectivity index (χ4v) is 0.674. The number of rotatable bonds is 3. The van der Waals surface area contributed by atoms with Crippen molar-refractivity contribution in [2.75, 3.05) is 0 Å². The Morgan fingerprint density at radius 2 is 1.90 bits per heavy atom. The highest BCUT2D eigenvalue weighted by Crippen LogP contribution is 2.02. The largest absolute Gasteiger partial charge is 0.322 e. The molecule has 2 nitrogen and oxygen atoms in total. The lowest BCUT2D eigenvalue weighted by Crippen LogP contribution is -2.29. The second-order valence-corrected chi connectivity index (χ2v) is 2.85. The molecule has 0 aliphatic heterocycles. The SMILES string of the molecule is Br.CC(=O)[C@@H](N)CC(C)C. The van der Waals surface area contributed by atoms with Gasteiger partial charge in [-0.05, 0) is 19.3 Å². The zero-order valence-electron chi connectivity index (χ0n) is 6.76. The molecule has 0 amide bonds. The molecule has 0 heterocycles. The Labute approximate surface area is 72.9 Å². The van der Waals surface area contributed by atoms with E-state index in [9.17, 15) is 4.79 Å². The van der Waals surface area contributed by atoms with Gasteiger partial charge in [-0.1, -0.05) is 13.8 Å². The van der Waals surface area contributed by atoms with Crippen molar-refractivity contribution in [2.45, 2.75) is 33.2 Å². The van der Waals surface area contributed by atoms with Crippen LogP contribution in [0.3, 0.4) is 0 Å². The number of carbonyl (C=O) groups is 1. The second kappa shape index (κ2) is 5.86. The van der Waals surface area contributed by atoms with E-state index in [-0.39, 0.29) is 28.8 Å². The zero-order valence-corrected chi connectivity index (χ0v) is 8.47. The Hall–Kier alpha value is 0.110. The molecule has 0 aromatic carbocycles. The van der Waals surface area contributed by atoms with Gasteiger partial charge in [0.15, 0.2) is 0 Å². The van der Waals surface area contributed by atoms with Crippen molar-refractivity contribution in [1.82, 2.24) is 0 Å². The first-order valence-corrected chi connectivity index (χ1v) is 3.30. The molecule has 10 heavy (non-hydrogen) atoms. The molecule has 0 rings (SSSR count). The summed E-state index contributed by atoms with van der Waals surface area (Å²) in [6.07, 6.45) is 0.801. The Morgan fingerprint density at radius 1 is 1.50 bits per heavy atom. The first kappa shape index (κ1) is 12.8. The van der Waals surface area contributed by atoms with E-state index in [0.29, 0.717) is 5.92 Å². The van der Waals surface area contributed by atoms with Crippen LogP contribution in [0.1, 0.15) is 27.2 Å². The van der Waals surface area contributed by atoms with Crippen LogP contribution in [0.15, 0.2) is 0 Å². The standard InChI is InChI=1S/C7H15NO.BrH/c1-5(2)4-7(8)6(3)9;/h5,7H,4,8H2,1-3H3;1H/t7-;/m0./s1. The predicted octanol–water partition coefficient (Wildman–Crippen LogP) is 1.53. The lowest BCUT2D eigenvalue weighted by molar-refractivity contribution is -0.118. The average Bonchev–Trinajstić information content (AvgIpc) is 1.63. The second-order valence-electron chi connectivity index (χ2n) is 2.85. The molecule has 0 unspecified atom stereocenters. The monoisotopic (exact) mass is 209 g/mol. The van der Waals surface area contributed by atoms with Crippen molar-refractivity contribution >= 4 is 22.8 Å². The number of carbonyl (C=O) groups excluding carboxylic acids is 1. The minimum Gasteiger partial charge on any atom is -0.322 e. The molecular weight excluding hydrogens is 194 g/mol. The van der Waals surface area contributed by atoms with E-state index in [1.807, 2.05) is 0 Å². The summed E-state index contributed by atoms with van der Waals surface area (Å²) in [5, 5.41) is 0. The van der Waals surface area contributed by atoms with Crippen LogP contribution >= 0.6 is 17.0 Å². The van der Waals surface area contributed by atoms with Gasteiger partial charge in [-0.25, -0.2) is 0 Å². The summed E-state index contributed by atoms with van der Waals surface area (Å²) in [6, 6.07) is -0.245. The number of nitrogens with two attached hydrogens (primary N) is 1. The van der Waals surface area contributed by atoms with Crippen LogP contribution < -0.4 is 5.73 Å². The fourth-order valence-electron chi connectivity index (χ4n) is 0.674. The Kier molecular flexibility index (Phi) is 7.48. The van der Waals surface area contributed by atoms with Crippen LogP contribution in [0, 0.1) is 5.92 Å². The van der Waals surface area contributed by atoms with Gasteiger partial charge in [0.2, 0.25) is 0 Å². The molecule has 0 fully saturated rings. The van der Waals surface area contributed by atoms with Crippen LogP contribution in [0.5, 0.6) is 0 Å². The van der Waals surface area contributed by atoms with E-state index in [0.717, 1.165) is 6.42 Å². The lowest BCUT2D eigenvalue weighted by Gasteiger charge is -2.08. The summed E-state index contributed by atoms with van der Waals surface area (Å²) in [5.74, 6) is 0.604. The van der Waals surface area contributed by atoms with Crippen LogP contribution in [0.4, 0.5) is 0 Å². The van der Waals surface area contributed by atoms with E-state index in [4.69, 9.17) is 5.73 Å². The topological polar surface area (TPSA) is 43.1 Å². The molecule has 0 aliphatic carbocycles. The van der Waals surface area contributed by atoms with Gasteiger partial charge >= 0.3 is 0 Å². The van der Waals surface area contributed by atoms with Gasteiger partial charge in [0.25, 0.3) is 0 Å². The van der Waals surface area contributed by atoms with Gasteiger partial charge in [0.05, 0.1) is 6.04 Å². The van der Waals surface area contributed by atoms with E-state index in [2.05, 4.69) is 13.8 Å². The van der Waals surface area contributed by atoms with Crippen LogP contribution in [-0.2, 0) is 4.79 Å². The lowest BCUT2D eigenvalue weighted by atomic mass is 10.0. The quantitative estimate of drug-likeness (QED) is 0.767. The van der Waals surface area contributed by atoms with Gasteiger partial charge in [0.1, 0.15) is 5.78 Å². The van der Waals surface area contributed by atoms with Crippen molar-refractivity contribution in [3.63, 3.8) is 0 Å². The van der Waals surface area contributed by atoms with Crippen molar-refractivity contribution in [2.24, 2.45) is 11.7 Å². The first-order valence-electron chi connectivity index (χ1n) is 3.30. The van der Waals surface area contributed by atoms with E-state index in [1.165, 1.54) is 6.92 Å². The van der Waals surface area contributed by atoms with E-state index >= 15 is 0 Å². The molecule has 0 spiro atoms. The summed E-state index contributed by atoms with van der Waals surface area (Å²) >= 11 is 0. The number of hydrogen-bond donors (Lipinski definition) is 1. The normalized spacial score (nSPS) is 12.5. The first-order chi connectivity index (χ1) is 4.04. The fraction of sp³-hybridized carbons (Fsp3) is 0.857. The van der Waals surface area contributed by atoms with Crippen molar-refractivity contribution in [3.05, 3.63) is 0 Å². The number of ketones is 1. The van der Waals surface area contributed by atoms with Crippen LogP contribution in [-0.4, -0.2) is 11.8 Å². The van der Waals surface area contributed by atoms with Gasteiger partial charge in [-0.2, -0.15) is 0 Å². The molecule has 62 valence electrons. The maximum absolute atomic E-state index is 10.6. The molecule has 0 saturated heterocycles. The summed E-state index contributed by atoms with van der Waals surface area (Å²) < 4.78 is 0. The van der Waals surface area contributed by atoms with Crippen molar-refractivity contribution < 1.29 is 4.79 Å². The van der Waals surface area contributed by atoms with Crippen molar-refractivity contribution in [3.8, 4) is 0 Å². The van der Waals surface area contributed by atoms with Gasteiger partial charge in [-0.15, -0.1) is 17.0 Å². The average molecular weight is 210 g/mol. The van der Waals surface area contributed by atoms with Gasteiger partial charge < -0.3 is 5.73 Å². The Bertz CT molecular complexity index is 104. The molecule has 1 atom stereocenters. The minimum absolute atomic E-state index is 0. The Morgan fingerprint density at radius 3 is 2.00 bits per heavy atom.